The number of fused-ring (bicyclic) bond motifs is 6. The van der Waals surface area contributed by atoms with Gasteiger partial charge in [-0.1, -0.05) is 84.9 Å². The molecule has 0 spiro atoms. The second-order valence-electron chi connectivity index (χ2n) is 11.2. The standard InChI is InChI=1S/2C20H16/c1-13-17-9-5-6-10-18(17)14(2)20-12-16-8-4-3-7-15(16)11-19(13)20;1-13-7-8-14(2)20-12-18-10-16-6-4-3-5-15(16)9-17(18)11-19(13)20/h2*3-12H,1-2H3. The Kier molecular flexibility index (Phi) is 5.79. The van der Waals surface area contributed by atoms with E-state index in [9.17, 15) is 0 Å². The van der Waals surface area contributed by atoms with E-state index in [1.54, 1.807) is 0 Å². The summed E-state index contributed by atoms with van der Waals surface area (Å²) in [6, 6.07) is 44.2. The van der Waals surface area contributed by atoms with Gasteiger partial charge in [-0.2, -0.15) is 0 Å². The van der Waals surface area contributed by atoms with Crippen LogP contribution in [0.1, 0.15) is 22.3 Å². The summed E-state index contributed by atoms with van der Waals surface area (Å²) in [7, 11) is 0. The summed E-state index contributed by atoms with van der Waals surface area (Å²) >= 11 is 0. The molecule has 192 valence electrons. The van der Waals surface area contributed by atoms with E-state index in [0.717, 1.165) is 0 Å². The van der Waals surface area contributed by atoms with Crippen molar-refractivity contribution in [3.63, 3.8) is 0 Å². The predicted molar refractivity (Wildman–Crippen MR) is 177 cm³/mol. The van der Waals surface area contributed by atoms with Crippen molar-refractivity contribution >= 4 is 64.6 Å². The van der Waals surface area contributed by atoms with Gasteiger partial charge in [0.25, 0.3) is 0 Å². The second-order valence-corrected chi connectivity index (χ2v) is 11.2. The van der Waals surface area contributed by atoms with Crippen LogP contribution in [0.25, 0.3) is 64.6 Å². The minimum Gasteiger partial charge on any atom is -0.0616 e. The van der Waals surface area contributed by atoms with Crippen LogP contribution < -0.4 is 0 Å². The van der Waals surface area contributed by atoms with Gasteiger partial charge in [-0.15, -0.1) is 0 Å². The van der Waals surface area contributed by atoms with Crippen molar-refractivity contribution in [3.05, 3.63) is 144 Å². The van der Waals surface area contributed by atoms with E-state index in [2.05, 4.69) is 149 Å². The number of hydrogen-bond donors (Lipinski definition) is 0. The molecule has 8 rings (SSSR count). The van der Waals surface area contributed by atoms with E-state index < -0.39 is 0 Å². The topological polar surface area (TPSA) is 0 Å². The molecule has 0 bridgehead atoms. The first kappa shape index (κ1) is 24.4. The highest BCUT2D eigenvalue weighted by Gasteiger charge is 2.09. The molecule has 40 heavy (non-hydrogen) atoms. The Morgan fingerprint density at radius 3 is 1.00 bits per heavy atom. The van der Waals surface area contributed by atoms with Crippen LogP contribution in [0.2, 0.25) is 0 Å². The summed E-state index contributed by atoms with van der Waals surface area (Å²) in [5.41, 5.74) is 5.46. The molecule has 0 heteroatoms. The van der Waals surface area contributed by atoms with Crippen LogP contribution in [0.5, 0.6) is 0 Å². The fourth-order valence-corrected chi connectivity index (χ4v) is 6.36. The highest BCUT2D eigenvalue weighted by atomic mass is 14.1. The van der Waals surface area contributed by atoms with Crippen molar-refractivity contribution in [1.82, 2.24) is 0 Å². The summed E-state index contributed by atoms with van der Waals surface area (Å²) in [4.78, 5) is 0. The van der Waals surface area contributed by atoms with Crippen LogP contribution in [-0.4, -0.2) is 0 Å². The molecule has 0 amide bonds. The fraction of sp³-hybridized carbons (Fsp3) is 0.100. The number of benzene rings is 8. The van der Waals surface area contributed by atoms with Crippen LogP contribution in [0.3, 0.4) is 0 Å². The van der Waals surface area contributed by atoms with Crippen molar-refractivity contribution in [2.75, 3.05) is 0 Å². The molecule has 0 unspecified atom stereocenters. The zero-order valence-electron chi connectivity index (χ0n) is 23.5. The first-order valence-corrected chi connectivity index (χ1v) is 14.1. The molecular formula is C40H32. The maximum atomic E-state index is 2.33. The first-order chi connectivity index (χ1) is 19.5. The third-order valence-electron chi connectivity index (χ3n) is 8.70. The van der Waals surface area contributed by atoms with Crippen molar-refractivity contribution in [3.8, 4) is 0 Å². The van der Waals surface area contributed by atoms with Gasteiger partial charge in [0.15, 0.2) is 0 Å². The molecule has 0 fully saturated rings. The molecule has 8 aromatic carbocycles. The van der Waals surface area contributed by atoms with Gasteiger partial charge in [0.05, 0.1) is 0 Å². The molecule has 0 radical (unpaired) electrons. The summed E-state index contributed by atoms with van der Waals surface area (Å²) in [5, 5.41) is 16.1. The van der Waals surface area contributed by atoms with E-state index >= 15 is 0 Å². The molecule has 0 N–H and O–H groups in total. The van der Waals surface area contributed by atoms with Crippen molar-refractivity contribution in [2.24, 2.45) is 0 Å². The van der Waals surface area contributed by atoms with Crippen LogP contribution in [-0.2, 0) is 0 Å². The quantitative estimate of drug-likeness (QED) is 0.177. The Bertz CT molecular complexity index is 2090. The molecule has 0 saturated heterocycles. The monoisotopic (exact) mass is 512 g/mol. The van der Waals surface area contributed by atoms with E-state index in [1.807, 2.05) is 0 Å². The zero-order valence-corrected chi connectivity index (χ0v) is 23.5. The van der Waals surface area contributed by atoms with Crippen LogP contribution in [0.15, 0.2) is 121 Å². The fourth-order valence-electron chi connectivity index (χ4n) is 6.36. The number of hydrogen-bond acceptors (Lipinski definition) is 0. The van der Waals surface area contributed by atoms with Gasteiger partial charge < -0.3 is 0 Å². The molecule has 0 aliphatic carbocycles. The average Bonchev–Trinajstić information content (AvgIpc) is 2.99. The summed E-state index contributed by atoms with van der Waals surface area (Å²) < 4.78 is 0. The van der Waals surface area contributed by atoms with Gasteiger partial charge in [-0.3, -0.25) is 0 Å². The van der Waals surface area contributed by atoms with Gasteiger partial charge in [-0.05, 0) is 151 Å². The van der Waals surface area contributed by atoms with Gasteiger partial charge in [0.1, 0.15) is 0 Å². The molecule has 0 aromatic heterocycles. The Hall–Kier alpha value is -4.68. The molecule has 0 heterocycles. The maximum absolute atomic E-state index is 2.33. The second kappa shape index (κ2) is 9.50. The third-order valence-corrected chi connectivity index (χ3v) is 8.70. The number of aryl methyl sites for hydroxylation is 4. The van der Waals surface area contributed by atoms with Crippen molar-refractivity contribution < 1.29 is 0 Å². The lowest BCUT2D eigenvalue weighted by Gasteiger charge is -2.13. The van der Waals surface area contributed by atoms with Crippen LogP contribution >= 0.6 is 0 Å². The summed E-state index contributed by atoms with van der Waals surface area (Å²) in [5.74, 6) is 0. The van der Waals surface area contributed by atoms with Gasteiger partial charge in [0, 0.05) is 0 Å². The van der Waals surface area contributed by atoms with Gasteiger partial charge >= 0.3 is 0 Å². The normalized spacial score (nSPS) is 11.5. The lowest BCUT2D eigenvalue weighted by molar-refractivity contribution is 1.47. The third kappa shape index (κ3) is 4.00. The molecule has 0 aliphatic rings. The van der Waals surface area contributed by atoms with E-state index in [-0.39, 0.29) is 0 Å². The highest BCUT2D eigenvalue weighted by Crippen LogP contribution is 2.34. The SMILES string of the molecule is Cc1c2ccccc2c(C)c2cc3ccccc3cc12.Cc1ccc(C)c2cc3cc4ccccc4cc3cc12. The van der Waals surface area contributed by atoms with Gasteiger partial charge in [0.2, 0.25) is 0 Å². The Balaban J connectivity index is 0.000000132. The Labute approximate surface area is 235 Å². The Morgan fingerprint density at radius 2 is 0.600 bits per heavy atom. The van der Waals surface area contributed by atoms with Crippen molar-refractivity contribution in [1.29, 1.82) is 0 Å². The molecule has 0 atom stereocenters. The zero-order chi connectivity index (χ0) is 27.4. The number of rotatable bonds is 0. The lowest BCUT2D eigenvalue weighted by Crippen LogP contribution is -1.88. The first-order valence-electron chi connectivity index (χ1n) is 14.1. The van der Waals surface area contributed by atoms with Crippen molar-refractivity contribution in [2.45, 2.75) is 27.7 Å². The summed E-state index contributed by atoms with van der Waals surface area (Å²) in [6.45, 7) is 8.85. The predicted octanol–water partition coefficient (Wildman–Crippen LogP) is 11.5. The largest absolute Gasteiger partial charge is 0.0616 e. The summed E-state index contributed by atoms with van der Waals surface area (Å²) in [6.07, 6.45) is 0. The molecule has 0 nitrogen and oxygen atoms in total. The molecular weight excluding hydrogens is 480 g/mol. The lowest BCUT2D eigenvalue weighted by atomic mass is 9.91. The molecule has 0 saturated carbocycles. The van der Waals surface area contributed by atoms with E-state index in [0.29, 0.717) is 0 Å². The van der Waals surface area contributed by atoms with Crippen LogP contribution in [0.4, 0.5) is 0 Å². The minimum absolute atomic E-state index is 1.31. The van der Waals surface area contributed by atoms with E-state index in [4.69, 9.17) is 0 Å². The van der Waals surface area contributed by atoms with Crippen LogP contribution in [0, 0.1) is 27.7 Å². The smallest absolute Gasteiger partial charge is 0.0139 e. The maximum Gasteiger partial charge on any atom is -0.0139 e. The average molecular weight is 513 g/mol. The molecule has 0 aliphatic heterocycles. The van der Waals surface area contributed by atoms with E-state index in [1.165, 1.54) is 86.9 Å². The van der Waals surface area contributed by atoms with Gasteiger partial charge in [-0.25, -0.2) is 0 Å². The Morgan fingerprint density at radius 1 is 0.275 bits per heavy atom. The minimum atomic E-state index is 1.31. The highest BCUT2D eigenvalue weighted by molar-refractivity contribution is 6.10. The molecule has 8 aromatic rings.